The lowest BCUT2D eigenvalue weighted by Crippen LogP contribution is -2.62. The second-order valence-corrected chi connectivity index (χ2v) is 43.2. The van der Waals surface area contributed by atoms with Crippen LogP contribution in [0.2, 0.25) is 0 Å². The van der Waals surface area contributed by atoms with Crippen molar-refractivity contribution in [2.24, 2.45) is 87.3 Å². The fraction of sp³-hybridized carbons (Fsp3) is 0.607. The van der Waals surface area contributed by atoms with Crippen LogP contribution < -0.4 is 26.6 Å². The van der Waals surface area contributed by atoms with Gasteiger partial charge in [-0.2, -0.15) is 15.2 Å². The second kappa shape index (κ2) is 43.1. The van der Waals surface area contributed by atoms with Gasteiger partial charge in [-0.1, -0.05) is 153 Å². The van der Waals surface area contributed by atoms with Gasteiger partial charge >= 0.3 is 5.97 Å². The summed E-state index contributed by atoms with van der Waals surface area (Å²) in [6.07, 6.45) is 1.91. The number of carbonyl (C=O) groups is 6. The highest BCUT2D eigenvalue weighted by molar-refractivity contribution is 5.96. The summed E-state index contributed by atoms with van der Waals surface area (Å²) in [5.41, 5.74) is 10.4. The smallest absolute Gasteiger partial charge is 0.335 e. The molecule has 12 N–H and O–H groups in total. The molecule has 28 heteroatoms. The van der Waals surface area contributed by atoms with Crippen molar-refractivity contribution >= 4 is 35.5 Å². The number of likely N-dealkylation sites (N-methyl/N-ethyl adjacent to an activating group) is 2. The summed E-state index contributed by atoms with van der Waals surface area (Å²) in [6, 6.07) is 43.7. The Balaban J connectivity index is 0.000000155. The molecule has 28 nitrogen and oxygen atoms in total. The van der Waals surface area contributed by atoms with E-state index in [0.717, 1.165) is 135 Å². The Morgan fingerprint density at radius 3 is 0.911 bits per heavy atom. The number of benzene rings is 6. The highest BCUT2D eigenvalue weighted by atomic mass is 16.7. The lowest BCUT2D eigenvalue weighted by molar-refractivity contribution is -0.183. The number of nitrogens with zero attached hydrogens (tertiary/aromatic N) is 7. The molecule has 0 unspecified atom stereocenters. The number of piperazine rings is 2. The Labute approximate surface area is 797 Å². The molecule has 14 fully saturated rings. The molecular formula is C107H150N12O16. The van der Waals surface area contributed by atoms with Crippen LogP contribution in [0.1, 0.15) is 169 Å². The fourth-order valence-corrected chi connectivity index (χ4v) is 25.1. The summed E-state index contributed by atoms with van der Waals surface area (Å²) < 4.78 is 0. The van der Waals surface area contributed by atoms with E-state index >= 15 is 0 Å². The van der Waals surface area contributed by atoms with Crippen molar-refractivity contribution in [3.63, 3.8) is 0 Å². The van der Waals surface area contributed by atoms with Gasteiger partial charge in [0.15, 0.2) is 0 Å². The normalized spacial score (nSPS) is 31.5. The average molecular weight is 1860 g/mol. The molecule has 9 saturated carbocycles. The Bertz CT molecular complexity index is 4880. The van der Waals surface area contributed by atoms with Crippen LogP contribution in [0.3, 0.4) is 0 Å². The summed E-state index contributed by atoms with van der Waals surface area (Å²) in [5.74, 6) is 1.27. The van der Waals surface area contributed by atoms with Gasteiger partial charge in [0.25, 0.3) is 11.8 Å². The quantitative estimate of drug-likeness (QED) is 0.0199. The van der Waals surface area contributed by atoms with Crippen molar-refractivity contribution < 1.29 is 79.0 Å². The number of carbonyl (C=O) groups excluding carboxylic acids is 5. The third-order valence-electron chi connectivity index (χ3n) is 34.0. The van der Waals surface area contributed by atoms with Crippen LogP contribution in [0.15, 0.2) is 146 Å². The van der Waals surface area contributed by atoms with E-state index in [4.69, 9.17) is 14.5 Å². The van der Waals surface area contributed by atoms with Crippen LogP contribution in [0.5, 0.6) is 0 Å². The van der Waals surface area contributed by atoms with Crippen molar-refractivity contribution in [3.8, 4) is 33.4 Å². The van der Waals surface area contributed by atoms with Gasteiger partial charge in [0.2, 0.25) is 17.7 Å². The van der Waals surface area contributed by atoms with Crippen molar-refractivity contribution in [1.29, 1.82) is 0 Å². The number of nitrogens with one attached hydrogen (secondary N) is 5. The third kappa shape index (κ3) is 22.2. The summed E-state index contributed by atoms with van der Waals surface area (Å²) in [6.45, 7) is 36.9. The number of rotatable bonds is 30. The minimum absolute atomic E-state index is 0.0730. The van der Waals surface area contributed by atoms with E-state index in [-0.39, 0.29) is 79.6 Å². The fourth-order valence-electron chi connectivity index (χ4n) is 25.1. The van der Waals surface area contributed by atoms with Crippen molar-refractivity contribution in [1.82, 2.24) is 61.4 Å². The van der Waals surface area contributed by atoms with Crippen LogP contribution >= 0.6 is 0 Å². The number of aliphatic hydroxyl groups excluding tert-OH is 6. The third-order valence-corrected chi connectivity index (χ3v) is 34.0. The summed E-state index contributed by atoms with van der Waals surface area (Å²) in [7, 11) is 4.27. The van der Waals surface area contributed by atoms with Gasteiger partial charge in [-0.05, 0) is 248 Å². The van der Waals surface area contributed by atoms with Gasteiger partial charge in [-0.25, -0.2) is 4.79 Å². The molecule has 0 radical (unpaired) electrons. The van der Waals surface area contributed by atoms with E-state index in [0.29, 0.717) is 107 Å². The largest absolute Gasteiger partial charge is 0.478 e. The molecule has 20 rings (SSSR count). The maximum Gasteiger partial charge on any atom is 0.335 e. The summed E-state index contributed by atoms with van der Waals surface area (Å²) in [5, 5.41) is 93.1. The van der Waals surface area contributed by atoms with Gasteiger partial charge in [-0.15, -0.1) is 0 Å². The number of aliphatic hydroxyl groups is 6. The van der Waals surface area contributed by atoms with Crippen LogP contribution in [0.25, 0.3) is 33.4 Å². The molecule has 734 valence electrons. The van der Waals surface area contributed by atoms with Crippen LogP contribution in [-0.2, 0) is 48.5 Å². The van der Waals surface area contributed by atoms with E-state index in [1.54, 1.807) is 54.2 Å². The zero-order chi connectivity index (χ0) is 96.4. The topological polar surface area (TPSA) is 355 Å². The van der Waals surface area contributed by atoms with Gasteiger partial charge in [0, 0.05) is 126 Å². The van der Waals surface area contributed by atoms with E-state index in [1.807, 2.05) is 127 Å². The summed E-state index contributed by atoms with van der Waals surface area (Å²) in [4.78, 5) is 107. The Hall–Kier alpha value is -8.50. The number of fused-ring (bicyclic) bond motifs is 6. The highest BCUT2D eigenvalue weighted by Crippen LogP contribution is 2.64. The highest BCUT2D eigenvalue weighted by Gasteiger charge is 2.61. The number of carboxylic acid groups (broad SMARTS) is 1. The first-order chi connectivity index (χ1) is 64.4. The number of carboxylic acids is 1. The Morgan fingerprint density at radius 1 is 0.385 bits per heavy atom. The first-order valence-corrected chi connectivity index (χ1v) is 49.7. The molecule has 0 spiro atoms. The minimum atomic E-state index is -0.986. The van der Waals surface area contributed by atoms with Crippen LogP contribution in [0, 0.1) is 87.3 Å². The van der Waals surface area contributed by atoms with E-state index in [1.165, 1.54) is 19.3 Å². The monoisotopic (exact) mass is 1860 g/mol. The number of aromatic carboxylic acids is 1. The SMILES string of the molecule is C[C@@H]1[C@@H](NC(=O)[C@@H]2[C@H]([C@H](C)O)[C@H](CO)ON2Cc2cccc(-c3cccc(C(=O)NCCN4CCN(C)CC4)c3)c2)C[C@H]2C[C@@H]1C2(C)C.C[C@@H]1[C@@H](NC(=O)[C@@H]2[C@H]([C@H](C)O)[C@H](CO)ON2Cc2cccc(-c3cccc(C(=O)NCCN4CCN(C)CC4)c3)c2)C[C@H]2C[C@@H]1C2(C)C.C[C@@H]1[C@@H](NC(=O)[C@@H]2[C@H]([C@H](C)O)[C@H](CO)ON2Cc2cccc(-c3cccc(C(=O)O)c3)c2)C[C@H]2C[C@@H]1C2(C)C. The Morgan fingerprint density at radius 2 is 0.652 bits per heavy atom. The molecule has 0 aromatic heterocycles. The minimum Gasteiger partial charge on any atom is -0.478 e. The first-order valence-electron chi connectivity index (χ1n) is 49.7. The van der Waals surface area contributed by atoms with Crippen molar-refractivity contribution in [3.05, 3.63) is 179 Å². The maximum atomic E-state index is 14.0. The molecule has 135 heavy (non-hydrogen) atoms. The second-order valence-electron chi connectivity index (χ2n) is 43.2. The van der Waals surface area contributed by atoms with E-state index in [9.17, 15) is 64.5 Å². The molecule has 5 heterocycles. The zero-order valence-electron chi connectivity index (χ0n) is 81.6. The number of hydrogen-bond donors (Lipinski definition) is 12. The number of hydroxylamine groups is 6. The summed E-state index contributed by atoms with van der Waals surface area (Å²) >= 11 is 0. The molecule has 5 aliphatic heterocycles. The van der Waals surface area contributed by atoms with Gasteiger partial charge in [0.1, 0.15) is 36.4 Å². The molecular weight excluding hydrogens is 1710 g/mol. The molecule has 6 aromatic rings. The van der Waals surface area contributed by atoms with Gasteiger partial charge in [-0.3, -0.25) is 48.3 Å². The first kappa shape index (κ1) is 101. The maximum absolute atomic E-state index is 14.0. The van der Waals surface area contributed by atoms with Crippen LogP contribution in [0.4, 0.5) is 0 Å². The molecule has 6 bridgehead atoms. The predicted molar refractivity (Wildman–Crippen MR) is 518 cm³/mol. The zero-order valence-corrected chi connectivity index (χ0v) is 81.6. The van der Waals surface area contributed by atoms with Gasteiger partial charge in [0.05, 0.1) is 63.3 Å². The molecule has 5 saturated heterocycles. The molecule has 9 aliphatic carbocycles. The van der Waals surface area contributed by atoms with E-state index < -0.39 is 78.5 Å². The lowest BCUT2D eigenvalue weighted by Gasteiger charge is -2.62. The average Bonchev–Trinajstić information content (AvgIpc) is 1.69. The molecule has 5 amide bonds. The standard InChI is InChI=1S/2C38H55N5O5.C31H40N2O6/c2*1-24-31-20-30(38(31,3)4)21-32(24)40-37(47)35-34(25(2)45)33(23-44)48-43(35)22-26-8-6-9-27(18-26)28-10-7-11-29(19-28)36(46)39-12-13-42-16-14-41(5)15-17-42;1-17-24-13-23(31(24,3)4)14-25(17)32-29(36)28-27(18(2)35)26(16-34)39-33(28)15-19-7-5-8-20(11-19)21-9-6-10-22(12-21)30(37)38/h2*6-11,18-19,24-25,30-35,44-45H,12-17,20-23H2,1-5H3,(H,39,46)(H,40,47);5-12,17-18,23-28,34-35H,13-16H2,1-4H3,(H,32,36)(H,37,38)/t2*24-,25-,30+,31-,32-,33-,34+,35-;17-,18-,23+,24-,25-,26-,27+,28-/m000/s1. The lowest BCUT2D eigenvalue weighted by atomic mass is 9.45. The van der Waals surface area contributed by atoms with E-state index in [2.05, 4.69) is 123 Å². The molecule has 6 aromatic carbocycles. The number of amides is 5. The van der Waals surface area contributed by atoms with Crippen molar-refractivity contribution in [2.45, 2.75) is 214 Å². The van der Waals surface area contributed by atoms with Crippen LogP contribution in [-0.4, -0.2) is 291 Å². The number of hydrogen-bond acceptors (Lipinski definition) is 22. The van der Waals surface area contributed by atoms with Crippen molar-refractivity contribution in [2.75, 3.05) is 112 Å². The van der Waals surface area contributed by atoms with Gasteiger partial charge < -0.3 is 72.1 Å². The predicted octanol–water partition coefficient (Wildman–Crippen LogP) is 9.70. The molecule has 24 atom stereocenters. The molecule has 14 aliphatic rings. The Kier molecular flexibility index (Phi) is 32.2.